The van der Waals surface area contributed by atoms with Gasteiger partial charge in [0.25, 0.3) is 0 Å². The molecule has 1 aliphatic heterocycles. The first-order valence-electron chi connectivity index (χ1n) is 11.2. The molecule has 3 aromatic carbocycles. The molecule has 0 amide bonds. The molecule has 162 valence electrons. The molecule has 3 atom stereocenters. The minimum Gasteiger partial charge on any atom is -0.493 e. The molecule has 0 radical (unpaired) electrons. The van der Waals surface area contributed by atoms with Crippen molar-refractivity contribution in [3.05, 3.63) is 95.1 Å². The average molecular weight is 417 g/mol. The Morgan fingerprint density at radius 2 is 1.74 bits per heavy atom. The van der Waals surface area contributed by atoms with Gasteiger partial charge in [0.05, 0.1) is 19.3 Å². The van der Waals surface area contributed by atoms with E-state index < -0.39 is 0 Å². The number of hydrogen-bond acceptors (Lipinski definition) is 3. The van der Waals surface area contributed by atoms with Crippen molar-refractivity contribution in [3.8, 4) is 11.5 Å². The molecule has 0 saturated carbocycles. The monoisotopic (exact) mass is 416 g/mol. The van der Waals surface area contributed by atoms with E-state index in [-0.39, 0.29) is 17.9 Å². The second-order valence-corrected chi connectivity index (χ2v) is 8.32. The number of hydrogen-bond donors (Lipinski definition) is 0. The normalized spacial score (nSPS) is 18.7. The molecule has 0 fully saturated rings. The van der Waals surface area contributed by atoms with E-state index in [0.29, 0.717) is 13.2 Å². The lowest BCUT2D eigenvalue weighted by Gasteiger charge is -2.34. The molecular weight excluding hydrogens is 384 g/mol. The summed E-state index contributed by atoms with van der Waals surface area (Å²) in [6.45, 7) is 5.59. The van der Waals surface area contributed by atoms with Gasteiger partial charge in [-0.25, -0.2) is 0 Å². The molecule has 0 aromatic heterocycles. The van der Waals surface area contributed by atoms with Crippen molar-refractivity contribution in [2.45, 2.75) is 44.6 Å². The van der Waals surface area contributed by atoms with E-state index >= 15 is 0 Å². The van der Waals surface area contributed by atoms with Crippen molar-refractivity contribution in [1.29, 1.82) is 0 Å². The molecule has 0 N–H and O–H groups in total. The van der Waals surface area contributed by atoms with Crippen LogP contribution in [0.1, 0.15) is 53.9 Å². The highest BCUT2D eigenvalue weighted by molar-refractivity contribution is 5.49. The van der Waals surface area contributed by atoms with E-state index in [1.165, 1.54) is 22.3 Å². The summed E-state index contributed by atoms with van der Waals surface area (Å²) < 4.78 is 17.6. The summed E-state index contributed by atoms with van der Waals surface area (Å²) in [5.74, 6) is 2.43. The Labute approximate surface area is 186 Å². The van der Waals surface area contributed by atoms with Crippen LogP contribution in [0.15, 0.2) is 72.8 Å². The first kappa shape index (κ1) is 21.5. The lowest BCUT2D eigenvalue weighted by molar-refractivity contribution is 0.0784. The van der Waals surface area contributed by atoms with Crippen LogP contribution in [-0.2, 0) is 4.74 Å². The van der Waals surface area contributed by atoms with Crippen LogP contribution in [0.4, 0.5) is 0 Å². The van der Waals surface area contributed by atoms with Crippen LogP contribution in [0, 0.1) is 6.92 Å². The Kier molecular flexibility index (Phi) is 6.93. The van der Waals surface area contributed by atoms with E-state index in [1.54, 1.807) is 7.11 Å². The minimum absolute atomic E-state index is 0.249. The fraction of sp³-hybridized carbons (Fsp3) is 0.357. The number of ether oxygens (including phenoxy) is 3. The van der Waals surface area contributed by atoms with Crippen molar-refractivity contribution in [1.82, 2.24) is 0 Å². The first-order chi connectivity index (χ1) is 15.2. The maximum atomic E-state index is 6.21. The standard InChI is InChI=1S/C28H32O3/c1-4-23(29-3)16-17-30-24-13-11-22(12-14-24)28-25-15-10-20(2)18-27(25)31-19-26(28)21-8-6-5-7-9-21/h5-15,18,23,26,28H,4,16-17,19H2,1-3H3/t23?,26-,28-/m1/s1. The lowest BCUT2D eigenvalue weighted by Crippen LogP contribution is -2.25. The van der Waals surface area contributed by atoms with Crippen molar-refractivity contribution in [2.75, 3.05) is 20.3 Å². The second-order valence-electron chi connectivity index (χ2n) is 8.32. The fourth-order valence-corrected chi connectivity index (χ4v) is 4.49. The zero-order valence-electron chi connectivity index (χ0n) is 18.7. The van der Waals surface area contributed by atoms with Crippen molar-refractivity contribution < 1.29 is 14.2 Å². The zero-order chi connectivity index (χ0) is 21.6. The quantitative estimate of drug-likeness (QED) is 0.420. The van der Waals surface area contributed by atoms with Crippen molar-refractivity contribution in [2.24, 2.45) is 0 Å². The van der Waals surface area contributed by atoms with Gasteiger partial charge in [-0.05, 0) is 48.2 Å². The third-order valence-electron chi connectivity index (χ3n) is 6.29. The second kappa shape index (κ2) is 10.0. The Hall–Kier alpha value is -2.78. The van der Waals surface area contributed by atoms with Crippen LogP contribution in [0.2, 0.25) is 0 Å². The van der Waals surface area contributed by atoms with E-state index in [4.69, 9.17) is 14.2 Å². The van der Waals surface area contributed by atoms with Crippen LogP contribution in [0.25, 0.3) is 0 Å². The highest BCUT2D eigenvalue weighted by Gasteiger charge is 2.33. The van der Waals surface area contributed by atoms with E-state index in [0.717, 1.165) is 24.3 Å². The van der Waals surface area contributed by atoms with Gasteiger partial charge in [-0.3, -0.25) is 0 Å². The topological polar surface area (TPSA) is 27.7 Å². The Morgan fingerprint density at radius 3 is 2.45 bits per heavy atom. The lowest BCUT2D eigenvalue weighted by atomic mass is 9.75. The molecule has 3 nitrogen and oxygen atoms in total. The van der Waals surface area contributed by atoms with Crippen LogP contribution in [0.5, 0.6) is 11.5 Å². The summed E-state index contributed by atoms with van der Waals surface area (Å²) in [6, 6.07) is 25.9. The van der Waals surface area contributed by atoms with Crippen LogP contribution in [0.3, 0.4) is 0 Å². The Bertz CT molecular complexity index is 961. The maximum Gasteiger partial charge on any atom is 0.123 e. The predicted molar refractivity (Wildman–Crippen MR) is 125 cm³/mol. The van der Waals surface area contributed by atoms with Crippen LogP contribution >= 0.6 is 0 Å². The molecule has 3 heteroatoms. The minimum atomic E-state index is 0.249. The summed E-state index contributed by atoms with van der Waals surface area (Å²) >= 11 is 0. The molecule has 1 aliphatic rings. The SMILES string of the molecule is CCC(CCOc1ccc([C@@H]2c3ccc(C)cc3OC[C@@H]2c2ccccc2)cc1)OC. The zero-order valence-corrected chi connectivity index (χ0v) is 18.7. The number of methoxy groups -OCH3 is 1. The summed E-state index contributed by atoms with van der Waals surface area (Å²) in [7, 11) is 1.76. The summed E-state index contributed by atoms with van der Waals surface area (Å²) in [4.78, 5) is 0. The first-order valence-corrected chi connectivity index (χ1v) is 11.2. The fourth-order valence-electron chi connectivity index (χ4n) is 4.49. The van der Waals surface area contributed by atoms with Gasteiger partial charge in [-0.2, -0.15) is 0 Å². The van der Waals surface area contributed by atoms with Gasteiger partial charge in [-0.15, -0.1) is 0 Å². The van der Waals surface area contributed by atoms with Crippen LogP contribution in [-0.4, -0.2) is 26.4 Å². The number of aryl methyl sites for hydroxylation is 1. The third kappa shape index (κ3) is 4.94. The molecule has 3 aromatic rings. The predicted octanol–water partition coefficient (Wildman–Crippen LogP) is 6.50. The molecule has 0 saturated heterocycles. The molecular formula is C28H32O3. The molecule has 4 rings (SSSR count). The average Bonchev–Trinajstić information content (AvgIpc) is 2.82. The number of benzene rings is 3. The third-order valence-corrected chi connectivity index (χ3v) is 6.29. The summed E-state index contributed by atoms with van der Waals surface area (Å²) in [5.41, 5.74) is 5.08. The highest BCUT2D eigenvalue weighted by atomic mass is 16.5. The molecule has 0 aliphatic carbocycles. The van der Waals surface area contributed by atoms with Crippen LogP contribution < -0.4 is 9.47 Å². The number of fused-ring (bicyclic) bond motifs is 1. The summed E-state index contributed by atoms with van der Waals surface area (Å²) in [6.07, 6.45) is 2.16. The van der Waals surface area contributed by atoms with Gasteiger partial charge < -0.3 is 14.2 Å². The highest BCUT2D eigenvalue weighted by Crippen LogP contribution is 2.46. The van der Waals surface area contributed by atoms with Gasteiger partial charge in [-0.1, -0.05) is 61.5 Å². The van der Waals surface area contributed by atoms with Gasteiger partial charge in [0.1, 0.15) is 11.5 Å². The number of rotatable bonds is 8. The maximum absolute atomic E-state index is 6.21. The largest absolute Gasteiger partial charge is 0.493 e. The molecule has 0 bridgehead atoms. The van der Waals surface area contributed by atoms with E-state index in [1.807, 2.05) is 0 Å². The van der Waals surface area contributed by atoms with Crippen molar-refractivity contribution >= 4 is 0 Å². The smallest absolute Gasteiger partial charge is 0.123 e. The molecule has 1 heterocycles. The molecule has 0 spiro atoms. The van der Waals surface area contributed by atoms with E-state index in [2.05, 4.69) is 86.6 Å². The van der Waals surface area contributed by atoms with Gasteiger partial charge in [0, 0.05) is 30.9 Å². The Balaban J connectivity index is 1.59. The van der Waals surface area contributed by atoms with Gasteiger partial charge in [0.15, 0.2) is 0 Å². The van der Waals surface area contributed by atoms with Crippen molar-refractivity contribution in [3.63, 3.8) is 0 Å². The molecule has 1 unspecified atom stereocenters. The van der Waals surface area contributed by atoms with Gasteiger partial charge >= 0.3 is 0 Å². The molecule has 31 heavy (non-hydrogen) atoms. The summed E-state index contributed by atoms with van der Waals surface area (Å²) in [5, 5.41) is 0. The Morgan fingerprint density at radius 1 is 0.968 bits per heavy atom. The van der Waals surface area contributed by atoms with E-state index in [9.17, 15) is 0 Å². The van der Waals surface area contributed by atoms with Gasteiger partial charge in [0.2, 0.25) is 0 Å².